The first-order valence-corrected chi connectivity index (χ1v) is 7.18. The Morgan fingerprint density at radius 3 is 2.75 bits per heavy atom. The van der Waals surface area contributed by atoms with Gasteiger partial charge in [0, 0.05) is 25.3 Å². The van der Waals surface area contributed by atoms with Gasteiger partial charge in [0.05, 0.1) is 5.56 Å². The molecule has 0 atom stereocenters. The Labute approximate surface area is 119 Å². The molecule has 0 aromatic carbocycles. The standard InChI is InChI=1S/C14H23N5O/c1-2-7-19-8-5-12(6-9-19)17-14(20)11-3-4-13(18-15)16-10-11/h3-4,10,12H,2,5-9,15H2,1H3,(H,16,18)(H,17,20). The van der Waals surface area contributed by atoms with Crippen LogP contribution in [0.3, 0.4) is 0 Å². The van der Waals surface area contributed by atoms with Gasteiger partial charge in [-0.25, -0.2) is 10.8 Å². The molecule has 1 aliphatic rings. The summed E-state index contributed by atoms with van der Waals surface area (Å²) >= 11 is 0. The van der Waals surface area contributed by atoms with E-state index in [-0.39, 0.29) is 11.9 Å². The highest BCUT2D eigenvalue weighted by Crippen LogP contribution is 2.12. The maximum atomic E-state index is 12.1. The lowest BCUT2D eigenvalue weighted by atomic mass is 10.0. The summed E-state index contributed by atoms with van der Waals surface area (Å²) in [5.74, 6) is 5.74. The summed E-state index contributed by atoms with van der Waals surface area (Å²) in [6, 6.07) is 3.69. The quantitative estimate of drug-likeness (QED) is 0.552. The molecule has 6 heteroatoms. The predicted molar refractivity (Wildman–Crippen MR) is 79.3 cm³/mol. The summed E-state index contributed by atoms with van der Waals surface area (Å²) in [4.78, 5) is 18.6. The highest BCUT2D eigenvalue weighted by atomic mass is 16.1. The molecule has 1 saturated heterocycles. The largest absolute Gasteiger partial charge is 0.349 e. The summed E-state index contributed by atoms with van der Waals surface area (Å²) in [6.07, 6.45) is 4.75. The molecule has 2 rings (SSSR count). The second-order valence-corrected chi connectivity index (χ2v) is 5.17. The zero-order valence-electron chi connectivity index (χ0n) is 11.9. The molecule has 6 nitrogen and oxygen atoms in total. The fourth-order valence-electron chi connectivity index (χ4n) is 2.50. The highest BCUT2D eigenvalue weighted by molar-refractivity contribution is 5.94. The number of amides is 1. The minimum absolute atomic E-state index is 0.0602. The van der Waals surface area contributed by atoms with Crippen molar-refractivity contribution in [3.8, 4) is 0 Å². The predicted octanol–water partition coefficient (Wildman–Crippen LogP) is 0.971. The normalized spacial score (nSPS) is 16.9. The smallest absolute Gasteiger partial charge is 0.253 e. The van der Waals surface area contributed by atoms with Crippen LogP contribution in [0.15, 0.2) is 18.3 Å². The number of piperidine rings is 1. The van der Waals surface area contributed by atoms with Crippen LogP contribution >= 0.6 is 0 Å². The maximum absolute atomic E-state index is 12.1. The Morgan fingerprint density at radius 2 is 2.20 bits per heavy atom. The number of nitrogens with one attached hydrogen (secondary N) is 2. The van der Waals surface area contributed by atoms with Crippen molar-refractivity contribution < 1.29 is 4.79 Å². The molecule has 0 radical (unpaired) electrons. The number of hydrogen-bond donors (Lipinski definition) is 3. The van der Waals surface area contributed by atoms with Gasteiger partial charge in [-0.15, -0.1) is 0 Å². The van der Waals surface area contributed by atoms with Crippen molar-refractivity contribution in [3.63, 3.8) is 0 Å². The Balaban J connectivity index is 1.82. The molecule has 1 fully saturated rings. The van der Waals surface area contributed by atoms with E-state index < -0.39 is 0 Å². The number of likely N-dealkylation sites (tertiary alicyclic amines) is 1. The minimum atomic E-state index is -0.0602. The van der Waals surface area contributed by atoms with Crippen LogP contribution < -0.4 is 16.6 Å². The lowest BCUT2D eigenvalue weighted by Crippen LogP contribution is -2.44. The van der Waals surface area contributed by atoms with E-state index in [0.717, 1.165) is 32.5 Å². The first-order valence-electron chi connectivity index (χ1n) is 7.18. The van der Waals surface area contributed by atoms with E-state index in [9.17, 15) is 4.79 Å². The Kier molecular flexibility index (Phi) is 5.31. The molecule has 0 saturated carbocycles. The van der Waals surface area contributed by atoms with Crippen LogP contribution in [0.4, 0.5) is 5.82 Å². The van der Waals surface area contributed by atoms with Crippen LogP contribution in [0, 0.1) is 0 Å². The van der Waals surface area contributed by atoms with Crippen molar-refractivity contribution in [2.24, 2.45) is 5.84 Å². The van der Waals surface area contributed by atoms with E-state index >= 15 is 0 Å². The number of rotatable bonds is 5. The van der Waals surface area contributed by atoms with E-state index in [1.165, 1.54) is 12.6 Å². The van der Waals surface area contributed by atoms with E-state index in [1.54, 1.807) is 12.1 Å². The summed E-state index contributed by atoms with van der Waals surface area (Å²) in [7, 11) is 0. The lowest BCUT2D eigenvalue weighted by Gasteiger charge is -2.32. The average molecular weight is 277 g/mol. The van der Waals surface area contributed by atoms with Crippen LogP contribution in [0.2, 0.25) is 0 Å². The Hall–Kier alpha value is -1.66. The van der Waals surface area contributed by atoms with Crippen molar-refractivity contribution in [1.29, 1.82) is 0 Å². The third-order valence-corrected chi connectivity index (χ3v) is 3.64. The Bertz CT molecular complexity index is 426. The number of nitrogen functional groups attached to an aromatic ring is 1. The van der Waals surface area contributed by atoms with E-state index in [1.807, 2.05) is 0 Å². The summed E-state index contributed by atoms with van der Waals surface area (Å²) in [5.41, 5.74) is 3.01. The van der Waals surface area contributed by atoms with E-state index in [4.69, 9.17) is 5.84 Å². The number of hydrazine groups is 1. The van der Waals surface area contributed by atoms with Crippen molar-refractivity contribution in [2.75, 3.05) is 25.1 Å². The zero-order valence-corrected chi connectivity index (χ0v) is 11.9. The van der Waals surface area contributed by atoms with Gasteiger partial charge < -0.3 is 15.6 Å². The van der Waals surface area contributed by atoms with Gasteiger partial charge in [-0.05, 0) is 37.9 Å². The molecule has 2 heterocycles. The number of carbonyl (C=O) groups excluding carboxylic acids is 1. The van der Waals surface area contributed by atoms with Crippen LogP contribution in [0.1, 0.15) is 36.5 Å². The monoisotopic (exact) mass is 277 g/mol. The molecule has 1 aliphatic heterocycles. The third-order valence-electron chi connectivity index (χ3n) is 3.64. The second-order valence-electron chi connectivity index (χ2n) is 5.17. The molecule has 1 amide bonds. The maximum Gasteiger partial charge on any atom is 0.253 e. The van der Waals surface area contributed by atoms with Crippen LogP contribution in [0.25, 0.3) is 0 Å². The third kappa shape index (κ3) is 3.91. The molecule has 1 aromatic heterocycles. The molecule has 4 N–H and O–H groups in total. The van der Waals surface area contributed by atoms with Gasteiger partial charge in [-0.1, -0.05) is 6.92 Å². The van der Waals surface area contributed by atoms with Crippen LogP contribution in [-0.2, 0) is 0 Å². The van der Waals surface area contributed by atoms with Gasteiger partial charge in [0.15, 0.2) is 0 Å². The van der Waals surface area contributed by atoms with Crippen molar-refractivity contribution >= 4 is 11.7 Å². The van der Waals surface area contributed by atoms with E-state index in [0.29, 0.717) is 11.4 Å². The number of nitrogens with two attached hydrogens (primary N) is 1. The molecule has 0 aliphatic carbocycles. The molecule has 110 valence electrons. The fourth-order valence-corrected chi connectivity index (χ4v) is 2.50. The summed E-state index contributed by atoms with van der Waals surface area (Å²) in [6.45, 7) is 5.47. The molecule has 20 heavy (non-hydrogen) atoms. The van der Waals surface area contributed by atoms with Crippen LogP contribution in [0.5, 0.6) is 0 Å². The number of hydrogen-bond acceptors (Lipinski definition) is 5. The molecule has 1 aromatic rings. The SMILES string of the molecule is CCCN1CCC(NC(=O)c2ccc(NN)nc2)CC1. The molecule has 0 spiro atoms. The fraction of sp³-hybridized carbons (Fsp3) is 0.571. The van der Waals surface area contributed by atoms with E-state index in [2.05, 4.69) is 27.6 Å². The zero-order chi connectivity index (χ0) is 14.4. The number of nitrogens with zero attached hydrogens (tertiary/aromatic N) is 2. The van der Waals surface area contributed by atoms with Gasteiger partial charge in [0.1, 0.15) is 5.82 Å². The van der Waals surface area contributed by atoms with Crippen LogP contribution in [-0.4, -0.2) is 41.5 Å². The number of pyridine rings is 1. The molecular formula is C14H23N5O. The summed E-state index contributed by atoms with van der Waals surface area (Å²) in [5, 5.41) is 3.08. The average Bonchev–Trinajstić information content (AvgIpc) is 2.49. The number of anilines is 1. The first kappa shape index (κ1) is 14.7. The van der Waals surface area contributed by atoms with Gasteiger partial charge in [0.25, 0.3) is 5.91 Å². The van der Waals surface area contributed by atoms with Crippen molar-refractivity contribution in [2.45, 2.75) is 32.2 Å². The van der Waals surface area contributed by atoms with Crippen molar-refractivity contribution in [3.05, 3.63) is 23.9 Å². The van der Waals surface area contributed by atoms with Gasteiger partial charge in [-0.2, -0.15) is 0 Å². The van der Waals surface area contributed by atoms with Gasteiger partial charge in [0.2, 0.25) is 0 Å². The van der Waals surface area contributed by atoms with Crippen molar-refractivity contribution in [1.82, 2.24) is 15.2 Å². The first-order chi connectivity index (χ1) is 9.72. The molecular weight excluding hydrogens is 254 g/mol. The topological polar surface area (TPSA) is 83.3 Å². The number of aromatic nitrogens is 1. The lowest BCUT2D eigenvalue weighted by molar-refractivity contribution is 0.0911. The second kappa shape index (κ2) is 7.21. The van der Waals surface area contributed by atoms with Gasteiger partial charge in [-0.3, -0.25) is 4.79 Å². The van der Waals surface area contributed by atoms with Gasteiger partial charge >= 0.3 is 0 Å². The Morgan fingerprint density at radius 1 is 1.45 bits per heavy atom. The minimum Gasteiger partial charge on any atom is -0.349 e. The number of carbonyl (C=O) groups is 1. The molecule has 0 bridgehead atoms. The highest BCUT2D eigenvalue weighted by Gasteiger charge is 2.20. The molecule has 0 unspecified atom stereocenters. The summed E-state index contributed by atoms with van der Waals surface area (Å²) < 4.78 is 0.